The lowest BCUT2D eigenvalue weighted by Gasteiger charge is -2.20. The van der Waals surface area contributed by atoms with Gasteiger partial charge in [0.15, 0.2) is 11.7 Å². The van der Waals surface area contributed by atoms with E-state index >= 15 is 0 Å². The van der Waals surface area contributed by atoms with E-state index in [1.807, 2.05) is 6.92 Å². The number of nitrogens with zero attached hydrogens (tertiary/aromatic N) is 2. The first-order valence-electron chi connectivity index (χ1n) is 8.44. The average Bonchev–Trinajstić information content (AvgIpc) is 3.11. The van der Waals surface area contributed by atoms with Crippen molar-refractivity contribution in [1.29, 1.82) is 0 Å². The number of carbonyl (C=O) groups is 1. The maximum Gasteiger partial charge on any atom is 0.227 e. The van der Waals surface area contributed by atoms with Gasteiger partial charge < -0.3 is 9.32 Å². The van der Waals surface area contributed by atoms with E-state index in [-0.39, 0.29) is 18.1 Å². The van der Waals surface area contributed by atoms with Crippen molar-refractivity contribution < 1.29 is 13.6 Å². The van der Waals surface area contributed by atoms with Crippen molar-refractivity contribution in [2.24, 2.45) is 0 Å². The summed E-state index contributed by atoms with van der Waals surface area (Å²) in [5.41, 5.74) is 1.34. The molecule has 7 heteroatoms. The number of oxazole rings is 1. The molecule has 140 valence electrons. The van der Waals surface area contributed by atoms with Crippen molar-refractivity contribution in [2.75, 3.05) is 11.4 Å². The fraction of sp³-hybridized carbons (Fsp3) is 0.200. The van der Waals surface area contributed by atoms with E-state index in [0.29, 0.717) is 45.9 Å². The molecule has 0 unspecified atom stereocenters. The second kappa shape index (κ2) is 8.55. The highest BCUT2D eigenvalue weighted by Gasteiger charge is 2.16. The van der Waals surface area contributed by atoms with Gasteiger partial charge in [0.1, 0.15) is 5.82 Å². The Hall–Kier alpha value is -2.37. The second-order valence-electron chi connectivity index (χ2n) is 5.86. The molecule has 1 aromatic heterocycles. The quantitative estimate of drug-likeness (QED) is 0.521. The summed E-state index contributed by atoms with van der Waals surface area (Å²) in [6, 6.07) is 10.9. The van der Waals surface area contributed by atoms with Gasteiger partial charge in [-0.05, 0) is 49.4 Å². The third-order valence-electron chi connectivity index (χ3n) is 4.06. The molecule has 0 saturated heterocycles. The molecule has 0 saturated carbocycles. The Kier molecular flexibility index (Phi) is 6.14. The van der Waals surface area contributed by atoms with Gasteiger partial charge in [-0.3, -0.25) is 4.79 Å². The van der Waals surface area contributed by atoms with Crippen LogP contribution in [-0.4, -0.2) is 17.4 Å². The van der Waals surface area contributed by atoms with Gasteiger partial charge in [-0.15, -0.1) is 0 Å². The van der Waals surface area contributed by atoms with Crippen LogP contribution in [0.3, 0.4) is 0 Å². The van der Waals surface area contributed by atoms with Crippen LogP contribution >= 0.6 is 23.2 Å². The molecule has 3 aromatic rings. The first-order valence-corrected chi connectivity index (χ1v) is 9.19. The Bertz CT molecular complexity index is 941. The van der Waals surface area contributed by atoms with E-state index in [4.69, 9.17) is 27.6 Å². The summed E-state index contributed by atoms with van der Waals surface area (Å²) in [6.07, 6.45) is 2.15. The van der Waals surface area contributed by atoms with Crippen LogP contribution in [0.15, 0.2) is 53.1 Å². The number of halogens is 3. The van der Waals surface area contributed by atoms with Crippen LogP contribution in [0, 0.1) is 5.82 Å². The third-order valence-corrected chi connectivity index (χ3v) is 4.61. The van der Waals surface area contributed by atoms with Gasteiger partial charge in [-0.1, -0.05) is 23.2 Å². The lowest BCUT2D eigenvalue weighted by Crippen LogP contribution is -2.30. The van der Waals surface area contributed by atoms with E-state index in [2.05, 4.69) is 4.98 Å². The Labute approximate surface area is 166 Å². The number of hydrogen-bond acceptors (Lipinski definition) is 3. The molecule has 1 heterocycles. The Morgan fingerprint density at radius 1 is 1.19 bits per heavy atom. The standard InChI is InChI=1S/C20H17Cl2FN2O2/c1-2-25(15-6-4-14(23)5-7-15)20(26)10-9-19-24-12-18(27-19)16-8-3-13(21)11-17(16)22/h3-8,11-12H,2,9-10H2,1H3. The Morgan fingerprint density at radius 3 is 2.59 bits per heavy atom. The van der Waals surface area contributed by atoms with Gasteiger partial charge in [-0.2, -0.15) is 0 Å². The summed E-state index contributed by atoms with van der Waals surface area (Å²) in [4.78, 5) is 18.3. The second-order valence-corrected chi connectivity index (χ2v) is 6.70. The van der Waals surface area contributed by atoms with Crippen LogP contribution in [0.2, 0.25) is 10.0 Å². The maximum atomic E-state index is 13.1. The minimum atomic E-state index is -0.338. The molecule has 0 spiro atoms. The molecule has 4 nitrogen and oxygen atoms in total. The summed E-state index contributed by atoms with van der Waals surface area (Å²) in [5, 5.41) is 1.00. The highest BCUT2D eigenvalue weighted by molar-refractivity contribution is 6.36. The van der Waals surface area contributed by atoms with Crippen molar-refractivity contribution in [3.63, 3.8) is 0 Å². The topological polar surface area (TPSA) is 46.3 Å². The van der Waals surface area contributed by atoms with E-state index < -0.39 is 0 Å². The molecule has 27 heavy (non-hydrogen) atoms. The number of aryl methyl sites for hydroxylation is 1. The maximum absolute atomic E-state index is 13.1. The molecule has 0 aliphatic carbocycles. The number of aromatic nitrogens is 1. The number of rotatable bonds is 6. The van der Waals surface area contributed by atoms with Crippen LogP contribution < -0.4 is 4.90 Å². The van der Waals surface area contributed by atoms with Crippen molar-refractivity contribution >= 4 is 34.8 Å². The normalized spacial score (nSPS) is 10.8. The molecular weight excluding hydrogens is 390 g/mol. The van der Waals surface area contributed by atoms with Crippen LogP contribution in [0.4, 0.5) is 10.1 Å². The molecule has 0 atom stereocenters. The number of amides is 1. The van der Waals surface area contributed by atoms with Gasteiger partial charge in [0.05, 0.1) is 11.2 Å². The fourth-order valence-electron chi connectivity index (χ4n) is 2.71. The zero-order valence-electron chi connectivity index (χ0n) is 14.6. The minimum Gasteiger partial charge on any atom is -0.441 e. The molecule has 3 rings (SSSR count). The Morgan fingerprint density at radius 2 is 1.93 bits per heavy atom. The monoisotopic (exact) mass is 406 g/mol. The van der Waals surface area contributed by atoms with E-state index in [1.54, 1.807) is 41.4 Å². The van der Waals surface area contributed by atoms with Gasteiger partial charge >= 0.3 is 0 Å². The molecule has 0 fully saturated rings. The lowest BCUT2D eigenvalue weighted by atomic mass is 10.2. The smallest absolute Gasteiger partial charge is 0.227 e. The van der Waals surface area contributed by atoms with Gasteiger partial charge in [0.2, 0.25) is 5.91 Å². The van der Waals surface area contributed by atoms with E-state index in [9.17, 15) is 9.18 Å². The van der Waals surface area contributed by atoms with Crippen molar-refractivity contribution in [3.8, 4) is 11.3 Å². The molecule has 0 N–H and O–H groups in total. The number of benzene rings is 2. The highest BCUT2D eigenvalue weighted by atomic mass is 35.5. The number of hydrogen-bond donors (Lipinski definition) is 0. The van der Waals surface area contributed by atoms with Gasteiger partial charge in [0, 0.05) is 35.7 Å². The third kappa shape index (κ3) is 4.67. The molecule has 0 radical (unpaired) electrons. The highest BCUT2D eigenvalue weighted by Crippen LogP contribution is 2.31. The minimum absolute atomic E-state index is 0.0895. The lowest BCUT2D eigenvalue weighted by molar-refractivity contribution is -0.118. The summed E-state index contributed by atoms with van der Waals surface area (Å²) in [6.45, 7) is 2.36. The van der Waals surface area contributed by atoms with E-state index in [1.165, 1.54) is 12.1 Å². The zero-order valence-corrected chi connectivity index (χ0v) is 16.1. The zero-order chi connectivity index (χ0) is 19.4. The molecule has 0 aliphatic rings. The molecule has 0 aliphatic heterocycles. The molecule has 0 bridgehead atoms. The van der Waals surface area contributed by atoms with E-state index in [0.717, 1.165) is 0 Å². The molecule has 1 amide bonds. The van der Waals surface area contributed by atoms with Gasteiger partial charge in [-0.25, -0.2) is 9.37 Å². The fourth-order valence-corrected chi connectivity index (χ4v) is 3.21. The predicted octanol–water partition coefficient (Wildman–Crippen LogP) is 5.77. The van der Waals surface area contributed by atoms with Gasteiger partial charge in [0.25, 0.3) is 0 Å². The number of anilines is 1. The first-order chi connectivity index (χ1) is 13.0. The summed E-state index contributed by atoms with van der Waals surface area (Å²) < 4.78 is 18.8. The number of carbonyl (C=O) groups excluding carboxylic acids is 1. The largest absolute Gasteiger partial charge is 0.441 e. The molecular formula is C20H17Cl2FN2O2. The summed E-state index contributed by atoms with van der Waals surface area (Å²) >= 11 is 12.1. The van der Waals surface area contributed by atoms with Crippen LogP contribution in [0.5, 0.6) is 0 Å². The Balaban J connectivity index is 1.67. The van der Waals surface area contributed by atoms with Crippen LogP contribution in [0.1, 0.15) is 19.2 Å². The SMILES string of the molecule is CCN(C(=O)CCc1ncc(-c2ccc(Cl)cc2Cl)o1)c1ccc(F)cc1. The van der Waals surface area contributed by atoms with Crippen LogP contribution in [0.25, 0.3) is 11.3 Å². The van der Waals surface area contributed by atoms with Crippen molar-refractivity contribution in [1.82, 2.24) is 4.98 Å². The summed E-state index contributed by atoms with van der Waals surface area (Å²) in [5.74, 6) is 0.535. The predicted molar refractivity (Wildman–Crippen MR) is 105 cm³/mol. The average molecular weight is 407 g/mol. The van der Waals surface area contributed by atoms with Crippen LogP contribution in [-0.2, 0) is 11.2 Å². The molecule has 2 aromatic carbocycles. The summed E-state index contributed by atoms with van der Waals surface area (Å²) in [7, 11) is 0. The first kappa shape index (κ1) is 19.4. The van der Waals surface area contributed by atoms with Crippen molar-refractivity contribution in [3.05, 3.63) is 70.4 Å². The van der Waals surface area contributed by atoms with Crippen molar-refractivity contribution in [2.45, 2.75) is 19.8 Å².